The van der Waals surface area contributed by atoms with Crippen LogP contribution in [0.3, 0.4) is 0 Å². The molecule has 24 heavy (non-hydrogen) atoms. The Morgan fingerprint density at radius 3 is 2.83 bits per heavy atom. The molecular weight excluding hydrogens is 348 g/mol. The summed E-state index contributed by atoms with van der Waals surface area (Å²) in [5.74, 6) is -0.569. The Kier molecular flexibility index (Phi) is 4.88. The molecule has 2 N–H and O–H groups in total. The fourth-order valence-electron chi connectivity index (χ4n) is 2.74. The zero-order valence-electron chi connectivity index (χ0n) is 12.9. The van der Waals surface area contributed by atoms with E-state index in [0.29, 0.717) is 29.3 Å². The van der Waals surface area contributed by atoms with Gasteiger partial charge in [0.1, 0.15) is 9.96 Å². The molecule has 6 nitrogen and oxygen atoms in total. The van der Waals surface area contributed by atoms with Crippen molar-refractivity contribution in [2.24, 2.45) is 5.92 Å². The lowest BCUT2D eigenvalue weighted by molar-refractivity contribution is -0.120. The van der Waals surface area contributed by atoms with Gasteiger partial charge in [-0.15, -0.1) is 11.3 Å². The van der Waals surface area contributed by atoms with Gasteiger partial charge in [-0.2, -0.15) is 4.31 Å². The number of phenols is 1. The van der Waals surface area contributed by atoms with Crippen molar-refractivity contribution in [2.45, 2.75) is 17.1 Å². The lowest BCUT2D eigenvalue weighted by Crippen LogP contribution is -2.43. The molecule has 0 spiro atoms. The monoisotopic (exact) mass is 366 g/mol. The summed E-state index contributed by atoms with van der Waals surface area (Å²) in [5.41, 5.74) is 0.498. The summed E-state index contributed by atoms with van der Waals surface area (Å²) in [6, 6.07) is 9.58. The van der Waals surface area contributed by atoms with Gasteiger partial charge in [-0.25, -0.2) is 8.42 Å². The number of hydrogen-bond acceptors (Lipinski definition) is 5. The molecule has 0 aliphatic carbocycles. The predicted octanol–water partition coefficient (Wildman–Crippen LogP) is 2.49. The van der Waals surface area contributed by atoms with Gasteiger partial charge in [-0.1, -0.05) is 12.1 Å². The van der Waals surface area contributed by atoms with Crippen LogP contribution in [-0.4, -0.2) is 36.8 Å². The molecule has 8 heteroatoms. The molecule has 0 unspecified atom stereocenters. The number of benzene rings is 1. The number of carbonyl (C=O) groups is 1. The van der Waals surface area contributed by atoms with Crippen molar-refractivity contribution in [3.8, 4) is 5.75 Å². The first-order chi connectivity index (χ1) is 11.5. The average molecular weight is 366 g/mol. The molecule has 2 heterocycles. The van der Waals surface area contributed by atoms with Gasteiger partial charge in [0, 0.05) is 24.8 Å². The summed E-state index contributed by atoms with van der Waals surface area (Å²) in [7, 11) is -3.53. The van der Waals surface area contributed by atoms with Crippen LogP contribution >= 0.6 is 11.3 Å². The van der Waals surface area contributed by atoms with Crippen LogP contribution in [0, 0.1) is 5.92 Å². The molecule has 1 fully saturated rings. The highest BCUT2D eigenvalue weighted by molar-refractivity contribution is 7.91. The molecule has 1 amide bonds. The Balaban J connectivity index is 1.70. The number of hydrogen-bond donors (Lipinski definition) is 2. The summed E-state index contributed by atoms with van der Waals surface area (Å²) in [5, 5.41) is 13.9. The quantitative estimate of drug-likeness (QED) is 0.870. The Morgan fingerprint density at radius 2 is 2.12 bits per heavy atom. The van der Waals surface area contributed by atoms with E-state index < -0.39 is 15.9 Å². The number of thiophene rings is 1. The molecule has 0 radical (unpaired) electrons. The van der Waals surface area contributed by atoms with E-state index in [1.165, 1.54) is 27.8 Å². The molecule has 1 saturated heterocycles. The molecule has 1 atom stereocenters. The number of nitrogens with zero attached hydrogens (tertiary/aromatic N) is 1. The van der Waals surface area contributed by atoms with E-state index in [-0.39, 0.29) is 18.2 Å². The second-order valence-corrected chi connectivity index (χ2v) is 8.79. The third kappa shape index (κ3) is 3.61. The number of amides is 1. The number of sulfonamides is 1. The molecule has 2 aromatic rings. The maximum Gasteiger partial charge on any atom is 0.252 e. The van der Waals surface area contributed by atoms with Gasteiger partial charge in [0.15, 0.2) is 0 Å². The van der Waals surface area contributed by atoms with Crippen molar-refractivity contribution in [3.63, 3.8) is 0 Å². The van der Waals surface area contributed by atoms with Crippen molar-refractivity contribution < 1.29 is 18.3 Å². The van der Waals surface area contributed by atoms with Crippen LogP contribution in [0.1, 0.15) is 12.8 Å². The maximum absolute atomic E-state index is 12.6. The van der Waals surface area contributed by atoms with Gasteiger partial charge in [-0.3, -0.25) is 4.79 Å². The van der Waals surface area contributed by atoms with Crippen molar-refractivity contribution in [2.75, 3.05) is 18.4 Å². The van der Waals surface area contributed by atoms with Gasteiger partial charge in [-0.05, 0) is 36.4 Å². The van der Waals surface area contributed by atoms with Gasteiger partial charge in [0.25, 0.3) is 10.0 Å². The van der Waals surface area contributed by atoms with Crippen LogP contribution in [0.4, 0.5) is 5.69 Å². The molecular formula is C16H18N2O4S2. The van der Waals surface area contributed by atoms with Crippen LogP contribution in [0.25, 0.3) is 0 Å². The topological polar surface area (TPSA) is 86.7 Å². The van der Waals surface area contributed by atoms with Gasteiger partial charge < -0.3 is 10.4 Å². The normalized spacial score (nSPS) is 19.1. The van der Waals surface area contributed by atoms with Crippen molar-refractivity contribution in [1.29, 1.82) is 0 Å². The number of carbonyl (C=O) groups excluding carboxylic acids is 1. The van der Waals surface area contributed by atoms with Crippen molar-refractivity contribution in [3.05, 3.63) is 41.8 Å². The fraction of sp³-hybridized carbons (Fsp3) is 0.312. The standard InChI is InChI=1S/C16H18N2O4S2/c19-14-6-1-5-13(10-14)17-16(20)12-4-2-8-18(11-12)24(21,22)15-7-3-9-23-15/h1,3,5-7,9-10,12,19H,2,4,8,11H2,(H,17,20)/t12-/m1/s1. The predicted molar refractivity (Wildman–Crippen MR) is 92.5 cm³/mol. The molecule has 3 rings (SSSR count). The van der Waals surface area contributed by atoms with Crippen molar-refractivity contribution >= 4 is 33.0 Å². The Morgan fingerprint density at radius 1 is 1.29 bits per heavy atom. The summed E-state index contributed by atoms with van der Waals surface area (Å²) in [6.07, 6.45) is 1.28. The first-order valence-corrected chi connectivity index (χ1v) is 9.92. The number of phenolic OH excluding ortho intramolecular Hbond substituents is 1. The highest BCUT2D eigenvalue weighted by Gasteiger charge is 2.33. The SMILES string of the molecule is O=C(Nc1cccc(O)c1)[C@@H]1CCCN(S(=O)(=O)c2cccs2)C1. The smallest absolute Gasteiger partial charge is 0.252 e. The molecule has 128 valence electrons. The zero-order valence-corrected chi connectivity index (χ0v) is 14.5. The number of aromatic hydroxyl groups is 1. The third-order valence-corrected chi connectivity index (χ3v) is 7.20. The molecule has 1 aromatic carbocycles. The lowest BCUT2D eigenvalue weighted by atomic mass is 9.98. The Labute approximate surface area is 144 Å². The Hall–Kier alpha value is -1.90. The Bertz CT molecular complexity index is 818. The van der Waals surface area contributed by atoms with E-state index in [2.05, 4.69) is 5.32 Å². The number of piperidine rings is 1. The van der Waals surface area contributed by atoms with E-state index in [0.717, 1.165) is 0 Å². The minimum atomic E-state index is -3.53. The van der Waals surface area contributed by atoms with E-state index in [9.17, 15) is 18.3 Å². The number of anilines is 1. The summed E-state index contributed by atoms with van der Waals surface area (Å²) in [4.78, 5) is 12.4. The molecule has 1 aliphatic heterocycles. The van der Waals surface area contributed by atoms with Gasteiger partial charge in [0.05, 0.1) is 5.92 Å². The number of nitrogens with one attached hydrogen (secondary N) is 1. The maximum atomic E-state index is 12.6. The molecule has 1 aromatic heterocycles. The largest absolute Gasteiger partial charge is 0.508 e. The molecule has 0 bridgehead atoms. The average Bonchev–Trinajstić information content (AvgIpc) is 3.10. The van der Waals surface area contributed by atoms with Gasteiger partial charge in [0.2, 0.25) is 5.91 Å². The van der Waals surface area contributed by atoms with E-state index >= 15 is 0 Å². The molecule has 0 saturated carbocycles. The minimum Gasteiger partial charge on any atom is -0.508 e. The molecule has 1 aliphatic rings. The second-order valence-electron chi connectivity index (χ2n) is 5.67. The fourth-order valence-corrected chi connectivity index (χ4v) is 5.41. The zero-order chi connectivity index (χ0) is 17.2. The van der Waals surface area contributed by atoms with Gasteiger partial charge >= 0.3 is 0 Å². The minimum absolute atomic E-state index is 0.0679. The van der Waals surface area contributed by atoms with Crippen LogP contribution in [0.15, 0.2) is 46.0 Å². The van der Waals surface area contributed by atoms with Crippen LogP contribution in [0.5, 0.6) is 5.75 Å². The highest BCUT2D eigenvalue weighted by atomic mass is 32.2. The second kappa shape index (κ2) is 6.92. The third-order valence-electron chi connectivity index (χ3n) is 3.96. The summed E-state index contributed by atoms with van der Waals surface area (Å²) >= 11 is 1.18. The van der Waals surface area contributed by atoms with Crippen LogP contribution in [0.2, 0.25) is 0 Å². The van der Waals surface area contributed by atoms with Crippen LogP contribution in [-0.2, 0) is 14.8 Å². The van der Waals surface area contributed by atoms with Crippen LogP contribution < -0.4 is 5.32 Å². The lowest BCUT2D eigenvalue weighted by Gasteiger charge is -2.30. The first kappa shape index (κ1) is 16.9. The summed E-state index contributed by atoms with van der Waals surface area (Å²) < 4.78 is 26.9. The first-order valence-electron chi connectivity index (χ1n) is 7.60. The van der Waals surface area contributed by atoms with E-state index in [1.807, 2.05) is 0 Å². The van der Waals surface area contributed by atoms with E-state index in [4.69, 9.17) is 0 Å². The highest BCUT2D eigenvalue weighted by Crippen LogP contribution is 2.27. The van der Waals surface area contributed by atoms with E-state index in [1.54, 1.807) is 29.6 Å². The summed E-state index contributed by atoms with van der Waals surface area (Å²) in [6.45, 7) is 0.598. The number of rotatable bonds is 4. The van der Waals surface area contributed by atoms with Crippen molar-refractivity contribution in [1.82, 2.24) is 4.31 Å².